The Bertz CT molecular complexity index is 579. The third kappa shape index (κ3) is 1.26. The Labute approximate surface area is 84.4 Å². The molecule has 6 heteroatoms. The number of rotatable bonds is 1. The van der Waals surface area contributed by atoms with Crippen LogP contribution in [0.25, 0.3) is 22.7 Å². The molecule has 3 aromatic heterocycles. The molecule has 0 aliphatic heterocycles. The molecular weight excluding hydrogens is 194 g/mol. The van der Waals surface area contributed by atoms with Crippen LogP contribution in [0.1, 0.15) is 5.69 Å². The highest BCUT2D eigenvalue weighted by molar-refractivity contribution is 5.73. The first-order chi connectivity index (χ1) is 7.33. The van der Waals surface area contributed by atoms with E-state index >= 15 is 0 Å². The molecule has 3 aromatic rings. The number of aromatic nitrogens is 5. The van der Waals surface area contributed by atoms with Crippen molar-refractivity contribution in [3.05, 3.63) is 24.3 Å². The molecule has 0 fully saturated rings. The van der Waals surface area contributed by atoms with Crippen LogP contribution in [-0.4, -0.2) is 25.1 Å². The lowest BCUT2D eigenvalue weighted by molar-refractivity contribution is 0.425. The Kier molecular flexibility index (Phi) is 1.55. The van der Waals surface area contributed by atoms with Gasteiger partial charge in [0.1, 0.15) is 11.8 Å². The van der Waals surface area contributed by atoms with Crippen LogP contribution in [0, 0.1) is 6.92 Å². The zero-order valence-electron chi connectivity index (χ0n) is 7.93. The molecule has 3 heterocycles. The van der Waals surface area contributed by atoms with Crippen molar-refractivity contribution >= 4 is 11.2 Å². The second-order valence-electron chi connectivity index (χ2n) is 3.18. The summed E-state index contributed by atoms with van der Waals surface area (Å²) >= 11 is 0. The van der Waals surface area contributed by atoms with E-state index in [1.54, 1.807) is 6.20 Å². The number of fused-ring (bicyclic) bond motifs is 1. The molecule has 0 aromatic carbocycles. The molecule has 0 bridgehead atoms. The predicted molar refractivity (Wildman–Crippen MR) is 51.9 cm³/mol. The summed E-state index contributed by atoms with van der Waals surface area (Å²) < 4.78 is 5.09. The highest BCUT2D eigenvalue weighted by Gasteiger charge is 2.09. The van der Waals surface area contributed by atoms with Crippen LogP contribution in [0.2, 0.25) is 0 Å². The van der Waals surface area contributed by atoms with Gasteiger partial charge in [-0.2, -0.15) is 0 Å². The fourth-order valence-electron chi connectivity index (χ4n) is 1.35. The zero-order chi connectivity index (χ0) is 10.3. The molecule has 0 aliphatic carbocycles. The monoisotopic (exact) mass is 201 g/mol. The average Bonchev–Trinajstić information content (AvgIpc) is 2.82. The molecule has 0 amide bonds. The minimum Gasteiger partial charge on any atom is -0.353 e. The van der Waals surface area contributed by atoms with Gasteiger partial charge in [0, 0.05) is 6.07 Å². The molecule has 0 aliphatic rings. The molecule has 0 atom stereocenters. The van der Waals surface area contributed by atoms with Gasteiger partial charge in [0.05, 0.1) is 11.9 Å². The molecule has 0 saturated heterocycles. The fraction of sp³-hybridized carbons (Fsp3) is 0.111. The summed E-state index contributed by atoms with van der Waals surface area (Å²) in [5.74, 6) is 1.22. The molecule has 0 spiro atoms. The first-order valence-corrected chi connectivity index (χ1v) is 4.42. The molecule has 74 valence electrons. The number of aromatic amines is 1. The maximum absolute atomic E-state index is 5.09. The SMILES string of the molecule is Cc1cc(-c2nc3ncncc3[nH]2)on1. The van der Waals surface area contributed by atoms with Crippen LogP contribution in [0.15, 0.2) is 23.1 Å². The zero-order valence-corrected chi connectivity index (χ0v) is 7.93. The van der Waals surface area contributed by atoms with Crippen LogP contribution >= 0.6 is 0 Å². The molecule has 0 unspecified atom stereocenters. The third-order valence-electron chi connectivity index (χ3n) is 2.02. The lowest BCUT2D eigenvalue weighted by atomic mass is 10.4. The number of H-pyrrole nitrogens is 1. The second-order valence-corrected chi connectivity index (χ2v) is 3.18. The summed E-state index contributed by atoms with van der Waals surface area (Å²) in [7, 11) is 0. The van der Waals surface area contributed by atoms with E-state index in [9.17, 15) is 0 Å². The van der Waals surface area contributed by atoms with Gasteiger partial charge in [-0.05, 0) is 6.92 Å². The number of nitrogens with zero attached hydrogens (tertiary/aromatic N) is 4. The van der Waals surface area contributed by atoms with Gasteiger partial charge in [-0.15, -0.1) is 0 Å². The molecule has 1 N–H and O–H groups in total. The van der Waals surface area contributed by atoms with Crippen molar-refractivity contribution < 1.29 is 4.52 Å². The molecular formula is C9H7N5O. The average molecular weight is 201 g/mol. The van der Waals surface area contributed by atoms with Crippen molar-refractivity contribution in [2.24, 2.45) is 0 Å². The topological polar surface area (TPSA) is 80.5 Å². The number of hydrogen-bond acceptors (Lipinski definition) is 5. The van der Waals surface area contributed by atoms with Crippen LogP contribution in [0.5, 0.6) is 0 Å². The highest BCUT2D eigenvalue weighted by atomic mass is 16.5. The summed E-state index contributed by atoms with van der Waals surface area (Å²) in [4.78, 5) is 15.2. The molecule has 3 rings (SSSR count). The number of nitrogens with one attached hydrogen (secondary N) is 1. The van der Waals surface area contributed by atoms with Crippen LogP contribution < -0.4 is 0 Å². The summed E-state index contributed by atoms with van der Waals surface area (Å²) in [5.41, 5.74) is 2.21. The van der Waals surface area contributed by atoms with E-state index in [1.165, 1.54) is 6.33 Å². The number of hydrogen-bond donors (Lipinski definition) is 1. The molecule has 0 saturated carbocycles. The first kappa shape index (κ1) is 8.10. The van der Waals surface area contributed by atoms with Gasteiger partial charge in [-0.1, -0.05) is 5.16 Å². The van der Waals surface area contributed by atoms with Gasteiger partial charge >= 0.3 is 0 Å². The summed E-state index contributed by atoms with van der Waals surface area (Å²) in [6.45, 7) is 1.86. The van der Waals surface area contributed by atoms with Gasteiger partial charge in [0.15, 0.2) is 11.5 Å². The minimum absolute atomic E-state index is 0.602. The smallest absolute Gasteiger partial charge is 0.202 e. The Morgan fingerprint density at radius 1 is 1.40 bits per heavy atom. The quantitative estimate of drug-likeness (QED) is 0.642. The standard InChI is InChI=1S/C9H7N5O/c1-5-2-7(15-14-5)9-12-6-3-10-4-11-8(6)13-9/h2-4H,1H3,(H,10,11,12,13). The number of imidazole rings is 1. The van der Waals surface area contributed by atoms with E-state index in [0.717, 1.165) is 11.2 Å². The number of aryl methyl sites for hydroxylation is 1. The van der Waals surface area contributed by atoms with Crippen molar-refractivity contribution in [3.63, 3.8) is 0 Å². The maximum atomic E-state index is 5.09. The van der Waals surface area contributed by atoms with Gasteiger partial charge in [-0.3, -0.25) is 0 Å². The van der Waals surface area contributed by atoms with Crippen LogP contribution in [-0.2, 0) is 0 Å². The second kappa shape index (κ2) is 2.88. The van der Waals surface area contributed by atoms with Crippen molar-refractivity contribution in [2.45, 2.75) is 6.92 Å². The maximum Gasteiger partial charge on any atom is 0.202 e. The van der Waals surface area contributed by atoms with E-state index in [2.05, 4.69) is 25.1 Å². The van der Waals surface area contributed by atoms with Crippen molar-refractivity contribution in [3.8, 4) is 11.6 Å². The van der Waals surface area contributed by atoms with Crippen molar-refractivity contribution in [2.75, 3.05) is 0 Å². The summed E-state index contributed by atoms with van der Waals surface area (Å²) in [6, 6.07) is 1.81. The molecule has 6 nitrogen and oxygen atoms in total. The van der Waals surface area contributed by atoms with E-state index in [1.807, 2.05) is 13.0 Å². The fourth-order valence-corrected chi connectivity index (χ4v) is 1.35. The summed E-state index contributed by atoms with van der Waals surface area (Å²) in [6.07, 6.45) is 3.13. The lowest BCUT2D eigenvalue weighted by Crippen LogP contribution is -1.76. The third-order valence-corrected chi connectivity index (χ3v) is 2.02. The van der Waals surface area contributed by atoms with Gasteiger partial charge in [-0.25, -0.2) is 15.0 Å². The van der Waals surface area contributed by atoms with Crippen molar-refractivity contribution in [1.82, 2.24) is 25.1 Å². The van der Waals surface area contributed by atoms with E-state index in [-0.39, 0.29) is 0 Å². The molecule has 15 heavy (non-hydrogen) atoms. The van der Waals surface area contributed by atoms with Crippen LogP contribution in [0.3, 0.4) is 0 Å². The predicted octanol–water partition coefficient (Wildman–Crippen LogP) is 1.32. The lowest BCUT2D eigenvalue weighted by Gasteiger charge is -1.83. The van der Waals surface area contributed by atoms with E-state index in [4.69, 9.17) is 4.52 Å². The van der Waals surface area contributed by atoms with Gasteiger partial charge < -0.3 is 9.51 Å². The van der Waals surface area contributed by atoms with Crippen LogP contribution in [0.4, 0.5) is 0 Å². The largest absolute Gasteiger partial charge is 0.353 e. The Morgan fingerprint density at radius 2 is 2.33 bits per heavy atom. The Balaban J connectivity index is 2.19. The summed E-state index contributed by atoms with van der Waals surface area (Å²) in [5, 5.41) is 3.79. The van der Waals surface area contributed by atoms with E-state index in [0.29, 0.717) is 17.2 Å². The minimum atomic E-state index is 0.602. The first-order valence-electron chi connectivity index (χ1n) is 4.42. The Morgan fingerprint density at radius 3 is 3.07 bits per heavy atom. The van der Waals surface area contributed by atoms with Crippen molar-refractivity contribution in [1.29, 1.82) is 0 Å². The Hall–Kier alpha value is -2.24. The highest BCUT2D eigenvalue weighted by Crippen LogP contribution is 2.18. The molecule has 0 radical (unpaired) electrons. The normalized spacial score (nSPS) is 11.0. The van der Waals surface area contributed by atoms with E-state index < -0.39 is 0 Å². The van der Waals surface area contributed by atoms with Gasteiger partial charge in [0.25, 0.3) is 0 Å². The van der Waals surface area contributed by atoms with Gasteiger partial charge in [0.2, 0.25) is 5.76 Å².